The molecule has 3 aromatic rings. The number of hydrogen-bond acceptors (Lipinski definition) is 4. The van der Waals surface area contributed by atoms with Crippen LogP contribution in [-0.4, -0.2) is 35.1 Å². The van der Waals surface area contributed by atoms with Crippen LogP contribution in [0.1, 0.15) is 41.7 Å². The molecule has 3 aromatic heterocycles. The average Bonchev–Trinajstić information content (AvgIpc) is 3.18. The second-order valence-electron chi connectivity index (χ2n) is 6.79. The predicted molar refractivity (Wildman–Crippen MR) is 85.9 cm³/mol. The standard InChI is InChI=1S/C17H20N6/c1-11-7-16-19-9-13-14-4-3-12(8-15(13)23(16)20-11)22(14)10-17-18-5-6-21(17)2/h5-7,9,12,14H,3-4,8,10H2,1-2H3/t12-,14+/m1/s1. The maximum atomic E-state index is 4.66. The molecule has 2 aliphatic rings. The van der Waals surface area contributed by atoms with E-state index in [4.69, 9.17) is 0 Å². The summed E-state index contributed by atoms with van der Waals surface area (Å²) >= 11 is 0. The highest BCUT2D eigenvalue weighted by atomic mass is 15.3. The molecule has 0 unspecified atom stereocenters. The van der Waals surface area contributed by atoms with E-state index in [0.717, 1.165) is 30.1 Å². The van der Waals surface area contributed by atoms with E-state index in [1.54, 1.807) is 0 Å². The van der Waals surface area contributed by atoms with E-state index in [0.29, 0.717) is 12.1 Å². The lowest BCUT2D eigenvalue weighted by Gasteiger charge is -2.35. The number of aromatic nitrogens is 5. The van der Waals surface area contributed by atoms with Gasteiger partial charge < -0.3 is 4.57 Å². The molecule has 6 nitrogen and oxygen atoms in total. The molecule has 0 aromatic carbocycles. The molecule has 23 heavy (non-hydrogen) atoms. The summed E-state index contributed by atoms with van der Waals surface area (Å²) in [6.07, 6.45) is 9.47. The summed E-state index contributed by atoms with van der Waals surface area (Å²) in [6, 6.07) is 3.09. The first-order valence-electron chi connectivity index (χ1n) is 8.27. The molecule has 0 amide bonds. The second kappa shape index (κ2) is 4.64. The van der Waals surface area contributed by atoms with Crippen molar-refractivity contribution in [2.75, 3.05) is 0 Å². The fraction of sp³-hybridized carbons (Fsp3) is 0.471. The third-order valence-electron chi connectivity index (χ3n) is 5.41. The number of hydrogen-bond donors (Lipinski definition) is 0. The molecule has 5 heterocycles. The van der Waals surface area contributed by atoms with Gasteiger partial charge in [0.05, 0.1) is 17.9 Å². The van der Waals surface area contributed by atoms with Gasteiger partial charge in [-0.3, -0.25) is 4.90 Å². The number of fused-ring (bicyclic) bond motifs is 6. The van der Waals surface area contributed by atoms with Crippen LogP contribution in [0.2, 0.25) is 0 Å². The Balaban J connectivity index is 1.57. The van der Waals surface area contributed by atoms with Crippen molar-refractivity contribution in [2.24, 2.45) is 7.05 Å². The van der Waals surface area contributed by atoms with Crippen LogP contribution in [0.4, 0.5) is 0 Å². The van der Waals surface area contributed by atoms with Crippen LogP contribution in [0.5, 0.6) is 0 Å². The summed E-state index contributed by atoms with van der Waals surface area (Å²) in [7, 11) is 2.07. The van der Waals surface area contributed by atoms with Gasteiger partial charge in [0.25, 0.3) is 0 Å². The smallest absolute Gasteiger partial charge is 0.155 e. The molecule has 2 aliphatic heterocycles. The van der Waals surface area contributed by atoms with E-state index in [9.17, 15) is 0 Å². The van der Waals surface area contributed by atoms with Crippen molar-refractivity contribution in [1.29, 1.82) is 0 Å². The normalized spacial score (nSPS) is 23.6. The van der Waals surface area contributed by atoms with Gasteiger partial charge in [-0.25, -0.2) is 14.5 Å². The van der Waals surface area contributed by atoms with Crippen LogP contribution >= 0.6 is 0 Å². The van der Waals surface area contributed by atoms with Gasteiger partial charge in [0.15, 0.2) is 5.65 Å². The highest BCUT2D eigenvalue weighted by Crippen LogP contribution is 2.44. The summed E-state index contributed by atoms with van der Waals surface area (Å²) in [6.45, 7) is 2.94. The van der Waals surface area contributed by atoms with E-state index < -0.39 is 0 Å². The van der Waals surface area contributed by atoms with Crippen LogP contribution < -0.4 is 0 Å². The Morgan fingerprint density at radius 2 is 2.17 bits per heavy atom. The third kappa shape index (κ3) is 1.88. The quantitative estimate of drug-likeness (QED) is 0.727. The van der Waals surface area contributed by atoms with Gasteiger partial charge >= 0.3 is 0 Å². The molecule has 5 rings (SSSR count). The number of imidazole rings is 1. The van der Waals surface area contributed by atoms with Crippen molar-refractivity contribution in [3.05, 3.63) is 47.4 Å². The van der Waals surface area contributed by atoms with E-state index in [1.807, 2.05) is 19.3 Å². The van der Waals surface area contributed by atoms with Crippen LogP contribution in [0.15, 0.2) is 24.7 Å². The van der Waals surface area contributed by atoms with Crippen molar-refractivity contribution >= 4 is 5.65 Å². The summed E-state index contributed by atoms with van der Waals surface area (Å²) in [5.74, 6) is 1.13. The van der Waals surface area contributed by atoms with Crippen molar-refractivity contribution < 1.29 is 0 Å². The van der Waals surface area contributed by atoms with Gasteiger partial charge in [-0.15, -0.1) is 0 Å². The molecule has 2 bridgehead atoms. The summed E-state index contributed by atoms with van der Waals surface area (Å²) in [5.41, 5.74) is 4.71. The minimum atomic E-state index is 0.446. The monoisotopic (exact) mass is 308 g/mol. The Bertz CT molecular complexity index is 892. The summed E-state index contributed by atoms with van der Waals surface area (Å²) in [5, 5.41) is 4.66. The van der Waals surface area contributed by atoms with E-state index in [1.165, 1.54) is 24.1 Å². The van der Waals surface area contributed by atoms with E-state index in [-0.39, 0.29) is 0 Å². The fourth-order valence-corrected chi connectivity index (χ4v) is 4.26. The highest BCUT2D eigenvalue weighted by Gasteiger charge is 2.41. The Kier molecular flexibility index (Phi) is 2.68. The molecule has 0 spiro atoms. The molecule has 1 saturated heterocycles. The molecule has 0 N–H and O–H groups in total. The highest BCUT2D eigenvalue weighted by molar-refractivity contribution is 5.44. The first-order valence-corrected chi connectivity index (χ1v) is 8.27. The maximum absolute atomic E-state index is 4.66. The van der Waals surface area contributed by atoms with Crippen LogP contribution in [0.3, 0.4) is 0 Å². The molecule has 0 radical (unpaired) electrons. The van der Waals surface area contributed by atoms with E-state index in [2.05, 4.69) is 48.4 Å². The SMILES string of the molecule is Cc1cc2ncc3c(n2n1)C[C@H]1CC[C@@H]3N1Cc1nccn1C. The number of aryl methyl sites for hydroxylation is 2. The Labute approximate surface area is 134 Å². The average molecular weight is 308 g/mol. The lowest BCUT2D eigenvalue weighted by Crippen LogP contribution is -2.38. The van der Waals surface area contributed by atoms with Gasteiger partial charge in [-0.2, -0.15) is 5.10 Å². The second-order valence-corrected chi connectivity index (χ2v) is 6.79. The lowest BCUT2D eigenvalue weighted by atomic mass is 9.99. The lowest BCUT2D eigenvalue weighted by molar-refractivity contribution is 0.159. The zero-order valence-electron chi connectivity index (χ0n) is 13.5. The van der Waals surface area contributed by atoms with E-state index >= 15 is 0 Å². The zero-order chi connectivity index (χ0) is 15.6. The zero-order valence-corrected chi connectivity index (χ0v) is 13.5. The third-order valence-corrected chi connectivity index (χ3v) is 5.41. The van der Waals surface area contributed by atoms with Gasteiger partial charge in [0.1, 0.15) is 5.82 Å². The first kappa shape index (κ1) is 13.2. The van der Waals surface area contributed by atoms with Crippen molar-refractivity contribution in [3.63, 3.8) is 0 Å². The molecule has 1 fully saturated rings. The topological polar surface area (TPSA) is 51.2 Å². The van der Waals surface area contributed by atoms with Crippen LogP contribution in [-0.2, 0) is 20.0 Å². The molecule has 0 saturated carbocycles. The van der Waals surface area contributed by atoms with Gasteiger partial charge in [0, 0.05) is 55.8 Å². The molecule has 118 valence electrons. The van der Waals surface area contributed by atoms with Gasteiger partial charge in [-0.05, 0) is 19.8 Å². The summed E-state index contributed by atoms with van der Waals surface area (Å²) < 4.78 is 4.18. The maximum Gasteiger partial charge on any atom is 0.155 e. The minimum Gasteiger partial charge on any atom is -0.337 e. The van der Waals surface area contributed by atoms with Crippen LogP contribution in [0.25, 0.3) is 5.65 Å². The molecule has 0 aliphatic carbocycles. The minimum absolute atomic E-state index is 0.446. The fourth-order valence-electron chi connectivity index (χ4n) is 4.26. The first-order chi connectivity index (χ1) is 11.2. The summed E-state index contributed by atoms with van der Waals surface area (Å²) in [4.78, 5) is 11.7. The molecule has 2 atom stereocenters. The number of rotatable bonds is 2. The van der Waals surface area contributed by atoms with Crippen molar-refractivity contribution in [2.45, 2.75) is 44.8 Å². The van der Waals surface area contributed by atoms with Gasteiger partial charge in [0.2, 0.25) is 0 Å². The predicted octanol–water partition coefficient (Wildman–Crippen LogP) is 2.03. The molecule has 6 heteroatoms. The van der Waals surface area contributed by atoms with Crippen LogP contribution in [0, 0.1) is 6.92 Å². The number of nitrogens with zero attached hydrogens (tertiary/aromatic N) is 6. The molecular formula is C17H20N6. The Hall–Kier alpha value is -2.21. The van der Waals surface area contributed by atoms with Crippen molar-refractivity contribution in [1.82, 2.24) is 29.0 Å². The van der Waals surface area contributed by atoms with Crippen molar-refractivity contribution in [3.8, 4) is 0 Å². The largest absolute Gasteiger partial charge is 0.337 e. The Morgan fingerprint density at radius 3 is 3.00 bits per heavy atom. The Morgan fingerprint density at radius 1 is 1.26 bits per heavy atom. The van der Waals surface area contributed by atoms with Gasteiger partial charge in [-0.1, -0.05) is 0 Å². The molecular weight excluding hydrogens is 288 g/mol.